The van der Waals surface area contributed by atoms with Gasteiger partial charge in [-0.05, 0) is 47.4 Å². The van der Waals surface area contributed by atoms with Gasteiger partial charge in [0.25, 0.3) is 0 Å². The normalized spacial score (nSPS) is 18.1. The Kier molecular flexibility index (Phi) is 8.26. The molecule has 196 valence electrons. The molecule has 3 N–H and O–H groups in total. The van der Waals surface area contributed by atoms with Gasteiger partial charge in [-0.25, -0.2) is 4.79 Å². The van der Waals surface area contributed by atoms with Crippen molar-refractivity contribution in [3.63, 3.8) is 0 Å². The first kappa shape index (κ1) is 26.4. The lowest BCUT2D eigenvalue weighted by atomic mass is 9.98. The number of nitrogens with zero attached hydrogens (tertiary/aromatic N) is 1. The number of alkyl carbamates (subject to hydrolysis) is 1. The number of nitrogens with one attached hydrogen (secondary N) is 3. The average Bonchev–Trinajstić information content (AvgIpc) is 3.52. The summed E-state index contributed by atoms with van der Waals surface area (Å²) < 4.78 is 5.66. The van der Waals surface area contributed by atoms with Gasteiger partial charge >= 0.3 is 6.09 Å². The second kappa shape index (κ2) is 11.6. The fraction of sp³-hybridized carbons (Fsp3) is 0.448. The van der Waals surface area contributed by atoms with Crippen LogP contribution in [0.4, 0.5) is 4.79 Å². The minimum absolute atomic E-state index is 0.0710. The number of rotatable bonds is 9. The van der Waals surface area contributed by atoms with Crippen LogP contribution in [0.2, 0.25) is 0 Å². The zero-order valence-corrected chi connectivity index (χ0v) is 21.7. The van der Waals surface area contributed by atoms with Crippen LogP contribution < -0.4 is 10.6 Å². The Balaban J connectivity index is 1.41. The number of ether oxygens (including phenoxy) is 1. The largest absolute Gasteiger partial charge is 0.449 e. The van der Waals surface area contributed by atoms with E-state index in [9.17, 15) is 14.4 Å². The van der Waals surface area contributed by atoms with E-state index in [0.717, 1.165) is 22.3 Å². The Hall–Kier alpha value is -3.68. The summed E-state index contributed by atoms with van der Waals surface area (Å²) in [5.41, 5.74) is 4.53. The van der Waals surface area contributed by atoms with Gasteiger partial charge in [0, 0.05) is 18.7 Å². The number of amides is 3. The van der Waals surface area contributed by atoms with Gasteiger partial charge in [0.1, 0.15) is 18.7 Å². The smallest absolute Gasteiger partial charge is 0.407 e. The van der Waals surface area contributed by atoms with Crippen LogP contribution in [-0.4, -0.2) is 60.3 Å². The molecule has 0 spiro atoms. The zero-order valence-electron chi connectivity index (χ0n) is 21.7. The van der Waals surface area contributed by atoms with E-state index in [1.807, 2.05) is 45.0 Å². The Morgan fingerprint density at radius 2 is 1.68 bits per heavy atom. The van der Waals surface area contributed by atoms with E-state index < -0.39 is 18.2 Å². The molecule has 1 heterocycles. The third-order valence-corrected chi connectivity index (χ3v) is 7.36. The molecule has 0 radical (unpaired) electrons. The van der Waals surface area contributed by atoms with Gasteiger partial charge in [0.2, 0.25) is 11.8 Å². The van der Waals surface area contributed by atoms with Crippen molar-refractivity contribution in [2.45, 2.75) is 64.1 Å². The van der Waals surface area contributed by atoms with E-state index in [0.29, 0.717) is 25.8 Å². The molecule has 4 rings (SSSR count). The summed E-state index contributed by atoms with van der Waals surface area (Å²) in [7, 11) is 0. The first-order chi connectivity index (χ1) is 17.8. The highest BCUT2D eigenvalue weighted by atomic mass is 16.5. The molecule has 3 atom stereocenters. The van der Waals surface area contributed by atoms with Gasteiger partial charge in [-0.15, -0.1) is 0 Å². The van der Waals surface area contributed by atoms with Crippen LogP contribution in [0.5, 0.6) is 0 Å². The van der Waals surface area contributed by atoms with E-state index in [2.05, 4.69) is 34.9 Å². The SMILES string of the molecule is CC[C@@H](C=N)NC(=O)[C@@H]1CCCN1C(=O)[C@@H](NC(=O)OCC1c2ccccc2-c2ccccc21)C(C)C. The Bertz CT molecular complexity index is 1120. The first-order valence-corrected chi connectivity index (χ1v) is 13.1. The van der Waals surface area contributed by atoms with Crippen molar-refractivity contribution in [1.29, 1.82) is 5.41 Å². The fourth-order valence-corrected chi connectivity index (χ4v) is 5.30. The van der Waals surface area contributed by atoms with Crippen LogP contribution in [0, 0.1) is 11.3 Å². The van der Waals surface area contributed by atoms with Crippen LogP contribution in [0.25, 0.3) is 11.1 Å². The van der Waals surface area contributed by atoms with Crippen molar-refractivity contribution < 1.29 is 19.1 Å². The van der Waals surface area contributed by atoms with Crippen LogP contribution in [0.1, 0.15) is 57.1 Å². The number of fused-ring (bicyclic) bond motifs is 3. The van der Waals surface area contributed by atoms with Crippen molar-refractivity contribution in [2.75, 3.05) is 13.2 Å². The number of hydrogen-bond acceptors (Lipinski definition) is 5. The second-order valence-electron chi connectivity index (χ2n) is 10.1. The summed E-state index contributed by atoms with van der Waals surface area (Å²) in [5.74, 6) is -0.811. The quantitative estimate of drug-likeness (QED) is 0.447. The third-order valence-electron chi connectivity index (χ3n) is 7.36. The van der Waals surface area contributed by atoms with Gasteiger partial charge in [-0.2, -0.15) is 0 Å². The standard InChI is InChI=1S/C29H36N4O4/c1-4-19(16-30)31-27(34)25-14-9-15-33(25)28(35)26(18(2)3)32-29(36)37-17-24-22-12-7-5-10-20(22)21-11-6-8-13-23(21)24/h5-8,10-13,16,18-19,24-26,30H,4,9,14-15,17H2,1-3H3,(H,31,34)(H,32,36)/t19-,25-,26-/m0/s1. The minimum atomic E-state index is -0.811. The number of benzene rings is 2. The number of carbonyl (C=O) groups is 3. The molecular formula is C29H36N4O4. The van der Waals surface area contributed by atoms with E-state index in [4.69, 9.17) is 10.1 Å². The van der Waals surface area contributed by atoms with Crippen LogP contribution in [-0.2, 0) is 14.3 Å². The van der Waals surface area contributed by atoms with E-state index >= 15 is 0 Å². The van der Waals surface area contributed by atoms with Gasteiger partial charge < -0.3 is 25.7 Å². The third kappa shape index (κ3) is 5.53. The summed E-state index contributed by atoms with van der Waals surface area (Å²) >= 11 is 0. The number of hydrogen-bond donors (Lipinski definition) is 3. The second-order valence-corrected chi connectivity index (χ2v) is 10.1. The predicted molar refractivity (Wildman–Crippen MR) is 143 cm³/mol. The Morgan fingerprint density at radius 3 is 2.24 bits per heavy atom. The molecule has 2 aliphatic rings. The molecule has 3 amide bonds. The maximum atomic E-state index is 13.5. The molecule has 1 saturated heterocycles. The van der Waals surface area contributed by atoms with Crippen molar-refractivity contribution in [3.8, 4) is 11.1 Å². The molecule has 0 bridgehead atoms. The monoisotopic (exact) mass is 504 g/mol. The molecule has 8 nitrogen and oxygen atoms in total. The average molecular weight is 505 g/mol. The number of likely N-dealkylation sites (tertiary alicyclic amines) is 1. The molecule has 2 aromatic carbocycles. The maximum absolute atomic E-state index is 13.5. The van der Waals surface area contributed by atoms with E-state index in [-0.39, 0.29) is 36.3 Å². The van der Waals surface area contributed by atoms with E-state index in [1.54, 1.807) is 4.90 Å². The molecular weight excluding hydrogens is 468 g/mol. The molecule has 0 saturated carbocycles. The van der Waals surface area contributed by atoms with Gasteiger partial charge in [0.05, 0.1) is 6.04 Å². The summed E-state index contributed by atoms with van der Waals surface area (Å²) in [6, 6.07) is 14.5. The lowest BCUT2D eigenvalue weighted by Gasteiger charge is -2.31. The lowest BCUT2D eigenvalue weighted by Crippen LogP contribution is -2.56. The lowest BCUT2D eigenvalue weighted by molar-refractivity contribution is -0.140. The molecule has 37 heavy (non-hydrogen) atoms. The molecule has 0 unspecified atom stereocenters. The summed E-state index contributed by atoms with van der Waals surface area (Å²) in [5, 5.41) is 13.1. The molecule has 2 aromatic rings. The van der Waals surface area contributed by atoms with Crippen molar-refractivity contribution in [2.24, 2.45) is 5.92 Å². The van der Waals surface area contributed by atoms with Gasteiger partial charge in [0.15, 0.2) is 0 Å². The molecule has 1 fully saturated rings. The van der Waals surface area contributed by atoms with Crippen molar-refractivity contribution in [3.05, 3.63) is 59.7 Å². The van der Waals surface area contributed by atoms with Crippen LogP contribution in [0.15, 0.2) is 48.5 Å². The maximum Gasteiger partial charge on any atom is 0.407 e. The topological polar surface area (TPSA) is 112 Å². The fourth-order valence-electron chi connectivity index (χ4n) is 5.30. The van der Waals surface area contributed by atoms with Crippen LogP contribution in [0.3, 0.4) is 0 Å². The van der Waals surface area contributed by atoms with Crippen molar-refractivity contribution >= 4 is 24.1 Å². The van der Waals surface area contributed by atoms with E-state index in [1.165, 1.54) is 6.21 Å². The summed E-state index contributed by atoms with van der Waals surface area (Å²) in [4.78, 5) is 40.8. The van der Waals surface area contributed by atoms with Gasteiger partial charge in [-0.1, -0.05) is 69.3 Å². The molecule has 8 heteroatoms. The first-order valence-electron chi connectivity index (χ1n) is 13.1. The van der Waals surface area contributed by atoms with Crippen molar-refractivity contribution in [1.82, 2.24) is 15.5 Å². The highest BCUT2D eigenvalue weighted by molar-refractivity contribution is 5.93. The zero-order chi connectivity index (χ0) is 26.5. The Labute approximate surface area is 218 Å². The highest BCUT2D eigenvalue weighted by Gasteiger charge is 2.39. The Morgan fingerprint density at radius 1 is 1.05 bits per heavy atom. The summed E-state index contributed by atoms with van der Waals surface area (Å²) in [6.45, 7) is 6.23. The van der Waals surface area contributed by atoms with Gasteiger partial charge in [-0.3, -0.25) is 9.59 Å². The number of carbonyl (C=O) groups excluding carboxylic acids is 3. The predicted octanol–water partition coefficient (Wildman–Crippen LogP) is 4.09. The minimum Gasteiger partial charge on any atom is -0.449 e. The summed E-state index contributed by atoms with van der Waals surface area (Å²) in [6.07, 6.45) is 2.43. The van der Waals surface area contributed by atoms with Crippen LogP contribution >= 0.6 is 0 Å². The molecule has 0 aromatic heterocycles. The molecule has 1 aliphatic heterocycles. The molecule has 1 aliphatic carbocycles. The highest BCUT2D eigenvalue weighted by Crippen LogP contribution is 2.44.